The average Bonchev–Trinajstić information content (AvgIpc) is 3.08. The number of unbranched alkanes of at least 4 members (excludes halogenated alkanes) is 4. The lowest BCUT2D eigenvalue weighted by atomic mass is 9.92. The van der Waals surface area contributed by atoms with Crippen molar-refractivity contribution in [3.05, 3.63) is 96.3 Å². The molecule has 0 aliphatic rings. The first-order valence-electron chi connectivity index (χ1n) is 15.5. The van der Waals surface area contributed by atoms with Gasteiger partial charge in [0.2, 0.25) is 0 Å². The molecule has 0 bridgehead atoms. The average molecular weight is 635 g/mol. The first-order valence-corrected chi connectivity index (χ1v) is 15.5. The second-order valence-electron chi connectivity index (χ2n) is 10.7. The quantitative estimate of drug-likeness (QED) is 0.0811. The fourth-order valence-corrected chi connectivity index (χ4v) is 4.62. The van der Waals surface area contributed by atoms with Crippen molar-refractivity contribution in [1.29, 1.82) is 0 Å². The van der Waals surface area contributed by atoms with E-state index in [4.69, 9.17) is 29.2 Å². The maximum Gasteiger partial charge on any atom is 0.335 e. The summed E-state index contributed by atoms with van der Waals surface area (Å²) in [5.74, 6) is -1.23. The number of aryl methyl sites for hydroxylation is 1. The molecule has 3 aromatic carbocycles. The summed E-state index contributed by atoms with van der Waals surface area (Å²) in [6.07, 6.45) is 6.61. The Labute approximate surface area is 270 Å². The van der Waals surface area contributed by atoms with E-state index in [1.165, 1.54) is 25.3 Å². The molecule has 9 heteroatoms. The van der Waals surface area contributed by atoms with Crippen molar-refractivity contribution < 1.29 is 43.1 Å². The molecule has 0 fully saturated rings. The van der Waals surface area contributed by atoms with Gasteiger partial charge in [0.1, 0.15) is 32.2 Å². The lowest BCUT2D eigenvalue weighted by molar-refractivity contribution is -0.141. The fourth-order valence-electron chi connectivity index (χ4n) is 4.62. The summed E-state index contributed by atoms with van der Waals surface area (Å²) in [6, 6.07) is 18.6. The van der Waals surface area contributed by atoms with E-state index in [0.717, 1.165) is 41.5 Å². The van der Waals surface area contributed by atoms with Gasteiger partial charge in [-0.3, -0.25) is 0 Å². The molecule has 0 radical (unpaired) electrons. The second kappa shape index (κ2) is 19.1. The van der Waals surface area contributed by atoms with Gasteiger partial charge in [0.15, 0.2) is 11.6 Å². The van der Waals surface area contributed by atoms with Crippen LogP contribution in [-0.2, 0) is 25.5 Å². The van der Waals surface area contributed by atoms with E-state index in [1.54, 1.807) is 12.1 Å². The van der Waals surface area contributed by atoms with E-state index >= 15 is 0 Å². The van der Waals surface area contributed by atoms with Gasteiger partial charge in [0.05, 0.1) is 24.4 Å². The van der Waals surface area contributed by atoms with Crippen molar-refractivity contribution in [2.24, 2.45) is 0 Å². The molecule has 0 saturated carbocycles. The van der Waals surface area contributed by atoms with Gasteiger partial charge in [-0.05, 0) is 64.9 Å². The molecule has 0 aliphatic carbocycles. The molecule has 3 aromatic rings. The molecule has 0 spiro atoms. The Morgan fingerprint density at radius 2 is 1.26 bits per heavy atom. The number of halogens is 1. The minimum absolute atomic E-state index is 0.00704. The van der Waals surface area contributed by atoms with Gasteiger partial charge >= 0.3 is 11.9 Å². The highest BCUT2D eigenvalue weighted by atomic mass is 19.1. The topological polar surface area (TPSA) is 112 Å². The number of benzene rings is 3. The summed E-state index contributed by atoms with van der Waals surface area (Å²) >= 11 is 0. The summed E-state index contributed by atoms with van der Waals surface area (Å²) in [4.78, 5) is 23.2. The van der Waals surface area contributed by atoms with Crippen LogP contribution in [0.5, 0.6) is 11.5 Å². The standard InChI is InChI=1S/C37H43FO8/c1-4-5-6-7-8-9-31-22-29(30-13-17-35(34(38)23-30)44-19-21-46-37(42)27(3)25-40)12-16-33(31)28-10-14-32(15-11-28)43-18-20-45-36(41)26(2)24-39/h10-17,22-23,39-40H,2-9,18-21,24-25H2,1H3. The van der Waals surface area contributed by atoms with Crippen LogP contribution in [0.2, 0.25) is 0 Å². The Kier molecular flexibility index (Phi) is 15.0. The Hall–Kier alpha value is -4.47. The summed E-state index contributed by atoms with van der Waals surface area (Å²) in [5, 5.41) is 17.9. The molecular weight excluding hydrogens is 591 g/mol. The van der Waals surface area contributed by atoms with Crippen LogP contribution < -0.4 is 9.47 Å². The Bertz CT molecular complexity index is 1460. The van der Waals surface area contributed by atoms with E-state index in [2.05, 4.69) is 32.2 Å². The van der Waals surface area contributed by atoms with E-state index in [0.29, 0.717) is 11.3 Å². The molecule has 8 nitrogen and oxygen atoms in total. The van der Waals surface area contributed by atoms with E-state index < -0.39 is 31.0 Å². The molecule has 0 amide bonds. The monoisotopic (exact) mass is 634 g/mol. The zero-order valence-electron chi connectivity index (χ0n) is 26.4. The highest BCUT2D eigenvalue weighted by Gasteiger charge is 2.13. The summed E-state index contributed by atoms with van der Waals surface area (Å²) in [7, 11) is 0. The van der Waals surface area contributed by atoms with Crippen LogP contribution >= 0.6 is 0 Å². The van der Waals surface area contributed by atoms with Crippen molar-refractivity contribution in [2.45, 2.75) is 45.4 Å². The third-order valence-electron chi connectivity index (χ3n) is 7.20. The van der Waals surface area contributed by atoms with E-state index in [9.17, 15) is 14.0 Å². The predicted molar refractivity (Wildman–Crippen MR) is 175 cm³/mol. The third kappa shape index (κ3) is 11.2. The van der Waals surface area contributed by atoms with Gasteiger partial charge in [-0.15, -0.1) is 0 Å². The van der Waals surface area contributed by atoms with Crippen LogP contribution in [0.3, 0.4) is 0 Å². The molecule has 0 aromatic heterocycles. The normalized spacial score (nSPS) is 10.7. The van der Waals surface area contributed by atoms with Crippen molar-refractivity contribution in [3.8, 4) is 33.8 Å². The van der Waals surface area contributed by atoms with Gasteiger partial charge in [0.25, 0.3) is 0 Å². The lowest BCUT2D eigenvalue weighted by Crippen LogP contribution is -2.15. The second-order valence-corrected chi connectivity index (χ2v) is 10.7. The number of esters is 2. The van der Waals surface area contributed by atoms with E-state index in [1.807, 2.05) is 30.3 Å². The van der Waals surface area contributed by atoms with Gasteiger partial charge in [-0.2, -0.15) is 0 Å². The number of hydrogen-bond donors (Lipinski definition) is 2. The minimum Gasteiger partial charge on any atom is -0.490 e. The molecule has 0 atom stereocenters. The van der Waals surface area contributed by atoms with Crippen LogP contribution in [0.4, 0.5) is 4.39 Å². The maximum atomic E-state index is 15.0. The van der Waals surface area contributed by atoms with Crippen molar-refractivity contribution >= 4 is 11.9 Å². The van der Waals surface area contributed by atoms with Crippen LogP contribution in [0.15, 0.2) is 85.0 Å². The summed E-state index contributed by atoms with van der Waals surface area (Å²) < 4.78 is 36.1. The molecule has 0 unspecified atom stereocenters. The molecule has 246 valence electrons. The number of aliphatic hydroxyl groups is 2. The van der Waals surface area contributed by atoms with Crippen LogP contribution in [0.1, 0.15) is 44.6 Å². The number of ether oxygens (including phenoxy) is 4. The Morgan fingerprint density at radius 1 is 0.696 bits per heavy atom. The van der Waals surface area contributed by atoms with Crippen molar-refractivity contribution in [1.82, 2.24) is 0 Å². The van der Waals surface area contributed by atoms with Crippen molar-refractivity contribution in [2.75, 3.05) is 39.6 Å². The maximum absolute atomic E-state index is 15.0. The van der Waals surface area contributed by atoms with Gasteiger partial charge in [0, 0.05) is 0 Å². The lowest BCUT2D eigenvalue weighted by Gasteiger charge is -2.15. The Balaban J connectivity index is 1.70. The molecule has 3 rings (SSSR count). The first-order chi connectivity index (χ1) is 22.3. The first kappa shape index (κ1) is 36.0. The molecule has 2 N–H and O–H groups in total. The molecular formula is C37H43FO8. The molecule has 0 saturated heterocycles. The minimum atomic E-state index is -0.724. The van der Waals surface area contributed by atoms with Crippen molar-refractivity contribution in [3.63, 3.8) is 0 Å². The number of carbonyl (C=O) groups is 2. The largest absolute Gasteiger partial charge is 0.490 e. The fraction of sp³-hybridized carbons (Fsp3) is 0.351. The summed E-state index contributed by atoms with van der Waals surface area (Å²) in [6.45, 7) is 8.12. The van der Waals surface area contributed by atoms with Gasteiger partial charge in [-0.25, -0.2) is 14.0 Å². The number of rotatable bonds is 20. The van der Waals surface area contributed by atoms with Gasteiger partial charge < -0.3 is 29.2 Å². The third-order valence-corrected chi connectivity index (χ3v) is 7.20. The Morgan fingerprint density at radius 3 is 1.87 bits per heavy atom. The zero-order chi connectivity index (χ0) is 33.3. The summed E-state index contributed by atoms with van der Waals surface area (Å²) in [5.41, 5.74) is 4.78. The SMILES string of the molecule is C=C(CO)C(=O)OCCOc1ccc(-c2ccc(-c3ccc(OCCOC(=O)C(=C)CO)c(F)c3)cc2CCCCCCC)cc1. The molecule has 0 aliphatic heterocycles. The smallest absolute Gasteiger partial charge is 0.335 e. The van der Waals surface area contributed by atoms with Crippen LogP contribution in [0, 0.1) is 5.82 Å². The highest BCUT2D eigenvalue weighted by Crippen LogP contribution is 2.33. The number of carbonyl (C=O) groups excluding carboxylic acids is 2. The molecule has 0 heterocycles. The van der Waals surface area contributed by atoms with Crippen LogP contribution in [0.25, 0.3) is 22.3 Å². The zero-order valence-corrected chi connectivity index (χ0v) is 26.4. The van der Waals surface area contributed by atoms with E-state index in [-0.39, 0.29) is 43.3 Å². The predicted octanol–water partition coefficient (Wildman–Crippen LogP) is 6.61. The van der Waals surface area contributed by atoms with Gasteiger partial charge in [-0.1, -0.05) is 82.2 Å². The number of aliphatic hydroxyl groups excluding tert-OH is 2. The highest BCUT2D eigenvalue weighted by molar-refractivity contribution is 5.88. The van der Waals surface area contributed by atoms with Crippen LogP contribution in [-0.4, -0.2) is 61.8 Å². The number of hydrogen-bond acceptors (Lipinski definition) is 8. The molecule has 46 heavy (non-hydrogen) atoms.